The second-order valence-corrected chi connectivity index (χ2v) is 15.1. The number of carboxylic acid groups (broad SMARTS) is 1. The van der Waals surface area contributed by atoms with Gasteiger partial charge in [-0.15, -0.1) is 0 Å². The Balaban J connectivity index is 1.33. The number of allylic oxidation sites excluding steroid dienone is 2. The summed E-state index contributed by atoms with van der Waals surface area (Å²) in [7, 11) is 1.61. The molecule has 7 aromatic rings. The van der Waals surface area contributed by atoms with Crippen molar-refractivity contribution >= 4 is 62.7 Å². The van der Waals surface area contributed by atoms with Crippen LogP contribution in [-0.4, -0.2) is 106 Å². The minimum absolute atomic E-state index is 0.0822. The summed E-state index contributed by atoms with van der Waals surface area (Å²) >= 11 is 0. The first-order chi connectivity index (χ1) is 31.3. The number of fused-ring (bicyclic) bond motifs is 4. The first kappa shape index (κ1) is 45.2. The molecule has 340 valence electrons. The summed E-state index contributed by atoms with van der Waals surface area (Å²) in [6.45, 7) is 9.99. The molecule has 0 fully saturated rings. The molecule has 0 saturated carbocycles. The van der Waals surface area contributed by atoms with E-state index < -0.39 is 23.8 Å². The lowest BCUT2D eigenvalue weighted by molar-refractivity contribution is 0.0991. The summed E-state index contributed by atoms with van der Waals surface area (Å²) in [6, 6.07) is 9.95. The second kappa shape index (κ2) is 19.7. The number of nitrogens with one attached hydrogen (secondary N) is 2. The zero-order chi connectivity index (χ0) is 46.4. The van der Waals surface area contributed by atoms with Gasteiger partial charge in [0.1, 0.15) is 34.1 Å². The lowest BCUT2D eigenvalue weighted by atomic mass is 10.1. The maximum Gasteiger partial charge on any atom is 0.404 e. The predicted molar refractivity (Wildman–Crippen MR) is 241 cm³/mol. The Morgan fingerprint density at radius 2 is 1.42 bits per heavy atom. The Kier molecular flexibility index (Phi) is 13.7. The molecule has 2 aromatic carbocycles. The molecule has 0 bridgehead atoms. The van der Waals surface area contributed by atoms with Crippen molar-refractivity contribution in [2.75, 3.05) is 38.8 Å². The summed E-state index contributed by atoms with van der Waals surface area (Å²) < 4.78 is 24.9. The normalized spacial score (nSPS) is 11.6. The third-order valence-electron chi connectivity index (χ3n) is 10.5. The topological polar surface area (TPSA) is 276 Å². The van der Waals surface area contributed by atoms with Gasteiger partial charge in [0.15, 0.2) is 5.82 Å². The number of aryl methyl sites for hydroxylation is 4. The smallest absolute Gasteiger partial charge is 0.404 e. The molecule has 7 rings (SSSR count). The molecule has 21 nitrogen and oxygen atoms in total. The van der Waals surface area contributed by atoms with Crippen LogP contribution in [0.25, 0.3) is 44.5 Å². The van der Waals surface area contributed by atoms with Crippen LogP contribution in [0.4, 0.5) is 10.7 Å². The van der Waals surface area contributed by atoms with E-state index in [9.17, 15) is 19.2 Å². The number of rotatable bonds is 21. The minimum atomic E-state index is -1.16. The van der Waals surface area contributed by atoms with Crippen LogP contribution >= 0.6 is 0 Å². The fraction of sp³-hybridized carbons (Fsp3) is 0.341. The Bertz CT molecular complexity index is 2960. The van der Waals surface area contributed by atoms with Crippen molar-refractivity contribution in [2.45, 2.75) is 66.7 Å². The molecule has 0 aliphatic carbocycles. The highest BCUT2D eigenvalue weighted by atomic mass is 16.5. The van der Waals surface area contributed by atoms with Gasteiger partial charge in [-0.25, -0.2) is 19.7 Å². The Labute approximate surface area is 372 Å². The third-order valence-corrected chi connectivity index (χ3v) is 10.5. The lowest BCUT2D eigenvalue weighted by Crippen LogP contribution is -2.23. The highest BCUT2D eigenvalue weighted by Crippen LogP contribution is 2.37. The fourth-order valence-electron chi connectivity index (χ4n) is 7.57. The summed E-state index contributed by atoms with van der Waals surface area (Å²) in [5, 5.41) is 24.6. The van der Waals surface area contributed by atoms with Crippen LogP contribution in [0.3, 0.4) is 0 Å². The van der Waals surface area contributed by atoms with Gasteiger partial charge in [0.2, 0.25) is 17.8 Å². The van der Waals surface area contributed by atoms with Crippen molar-refractivity contribution < 1.29 is 38.5 Å². The van der Waals surface area contributed by atoms with Crippen molar-refractivity contribution in [3.8, 4) is 23.0 Å². The van der Waals surface area contributed by atoms with Gasteiger partial charge in [-0.3, -0.25) is 29.1 Å². The molecule has 0 saturated heterocycles. The third kappa shape index (κ3) is 9.74. The van der Waals surface area contributed by atoms with Crippen LogP contribution in [0.5, 0.6) is 11.5 Å². The molecule has 0 aliphatic heterocycles. The molecule has 65 heavy (non-hydrogen) atoms. The van der Waals surface area contributed by atoms with E-state index in [1.165, 1.54) is 12.1 Å². The van der Waals surface area contributed by atoms with Gasteiger partial charge in [-0.05, 0) is 70.5 Å². The van der Waals surface area contributed by atoms with Gasteiger partial charge in [-0.1, -0.05) is 12.2 Å². The Hall–Kier alpha value is -7.81. The lowest BCUT2D eigenvalue weighted by Gasteiger charge is -2.13. The van der Waals surface area contributed by atoms with E-state index in [0.717, 1.165) is 11.4 Å². The van der Waals surface area contributed by atoms with E-state index in [-0.39, 0.29) is 49.1 Å². The van der Waals surface area contributed by atoms with Crippen LogP contribution < -0.4 is 31.6 Å². The Morgan fingerprint density at radius 1 is 0.769 bits per heavy atom. The minimum Gasteiger partial charge on any atom is -0.491 e. The first-order valence-electron chi connectivity index (χ1n) is 21.1. The summed E-state index contributed by atoms with van der Waals surface area (Å²) in [5.74, 6) is -0.524. The van der Waals surface area contributed by atoms with Crippen molar-refractivity contribution in [2.24, 2.45) is 11.5 Å². The van der Waals surface area contributed by atoms with Crippen molar-refractivity contribution in [1.82, 2.24) is 49.0 Å². The number of hydrogen-bond acceptors (Lipinski definition) is 12. The first-order valence-corrected chi connectivity index (χ1v) is 21.1. The number of amides is 4. The summed E-state index contributed by atoms with van der Waals surface area (Å²) in [6.07, 6.45) is 5.26. The van der Waals surface area contributed by atoms with Crippen molar-refractivity contribution in [1.29, 1.82) is 0 Å². The molecule has 0 unspecified atom stereocenters. The largest absolute Gasteiger partial charge is 0.491 e. The molecule has 0 spiro atoms. The van der Waals surface area contributed by atoms with Gasteiger partial charge in [-0.2, -0.15) is 10.2 Å². The molecule has 5 aromatic heterocycles. The van der Waals surface area contributed by atoms with E-state index in [0.29, 0.717) is 95.1 Å². The number of benzene rings is 2. The van der Waals surface area contributed by atoms with E-state index in [2.05, 4.69) is 20.8 Å². The van der Waals surface area contributed by atoms with Gasteiger partial charge < -0.3 is 45.2 Å². The van der Waals surface area contributed by atoms with Crippen molar-refractivity contribution in [3.05, 3.63) is 83.0 Å². The highest BCUT2D eigenvalue weighted by molar-refractivity contribution is 6.12. The van der Waals surface area contributed by atoms with Crippen LogP contribution in [-0.2, 0) is 30.9 Å². The maximum absolute atomic E-state index is 13.8. The van der Waals surface area contributed by atoms with E-state index >= 15 is 0 Å². The molecule has 5 heterocycles. The molecule has 0 atom stereocenters. The van der Waals surface area contributed by atoms with Crippen molar-refractivity contribution in [3.63, 3.8) is 0 Å². The van der Waals surface area contributed by atoms with Gasteiger partial charge in [0.25, 0.3) is 5.91 Å². The zero-order valence-corrected chi connectivity index (χ0v) is 36.8. The number of carbonyl (C=O) groups excluding carboxylic acids is 3. The number of anilines is 1. The average Bonchev–Trinajstić information content (AvgIpc) is 4.04. The van der Waals surface area contributed by atoms with Crippen LogP contribution in [0, 0.1) is 13.8 Å². The number of carbonyl (C=O) groups is 4. The van der Waals surface area contributed by atoms with Gasteiger partial charge in [0, 0.05) is 81.0 Å². The summed E-state index contributed by atoms with van der Waals surface area (Å²) in [5.41, 5.74) is 16.5. The van der Waals surface area contributed by atoms with E-state index in [4.69, 9.17) is 45.7 Å². The molecular weight excluding hydrogens is 839 g/mol. The molecule has 21 heteroatoms. The number of nitrogens with two attached hydrogens (primary N) is 2. The number of hydrogen-bond donors (Lipinski definition) is 5. The number of primary amides is 2. The van der Waals surface area contributed by atoms with E-state index in [1.807, 2.05) is 48.2 Å². The number of aromatic nitrogens is 9. The average molecular weight is 890 g/mol. The zero-order valence-electron chi connectivity index (χ0n) is 36.8. The molecule has 0 radical (unpaired) electrons. The standard InChI is InChI=1S/C44H51N13O8/c1-6-56-32(18-25(3)52-56)40-48-24-30-29-20-27(38(45)58)22-34(65-17-11-15-63-5)36(29)54(41(30)50-40)13-8-9-14-55-37-31(49-43(55)51-42(60)33-19-26(4)53-57(33)7-2)21-28(39(46)59)23-35(37)64-16-10-12-47-44(61)62/h8-9,18-24,47H,6-7,10-17H2,1-5H3,(H2,45,58)(H2,46,59)(H,61,62)(H,49,51,60)/b9-8+. The predicted octanol–water partition coefficient (Wildman–Crippen LogP) is 4.81. The van der Waals surface area contributed by atoms with Crippen LogP contribution in [0.15, 0.2) is 54.7 Å². The molecular formula is C44H51N13O8. The van der Waals surface area contributed by atoms with Gasteiger partial charge in [0.05, 0.1) is 35.6 Å². The number of nitrogens with zero attached hydrogens (tertiary/aromatic N) is 9. The number of imidazole rings is 1. The fourth-order valence-corrected chi connectivity index (χ4v) is 7.57. The number of methoxy groups -OCH3 is 1. The monoisotopic (exact) mass is 889 g/mol. The molecule has 7 N–H and O–H groups in total. The maximum atomic E-state index is 13.8. The highest BCUT2D eigenvalue weighted by Gasteiger charge is 2.24. The number of ether oxygens (including phenoxy) is 3. The van der Waals surface area contributed by atoms with E-state index in [1.54, 1.807) is 47.7 Å². The van der Waals surface area contributed by atoms with Crippen LogP contribution in [0.2, 0.25) is 0 Å². The molecule has 4 amide bonds. The van der Waals surface area contributed by atoms with Gasteiger partial charge >= 0.3 is 6.09 Å². The molecule has 0 aliphatic rings. The quantitative estimate of drug-likeness (QED) is 0.0479. The second-order valence-electron chi connectivity index (χ2n) is 15.1. The summed E-state index contributed by atoms with van der Waals surface area (Å²) in [4.78, 5) is 64.6. The SMILES string of the molecule is CCn1nc(C)cc1C(=O)Nc1nc2cc(C(N)=O)cc(OCCCNC(=O)O)c2n1C/C=C/Cn1c2nc(-c3cc(C)nn3CC)ncc2c2cc(C(N)=O)cc(OCCCOC)c21. The Morgan fingerprint density at radius 3 is 2.09 bits per heavy atom. The van der Waals surface area contributed by atoms with Crippen LogP contribution in [0.1, 0.15) is 69.3 Å².